The quantitative estimate of drug-likeness (QED) is 0.835. The maximum absolute atomic E-state index is 8.80. The monoisotopic (exact) mass is 258 g/mol. The van der Waals surface area contributed by atoms with Gasteiger partial charge in [0.25, 0.3) is 0 Å². The number of thiophene rings is 1. The summed E-state index contributed by atoms with van der Waals surface area (Å²) in [5, 5.41) is 18.4. The van der Waals surface area contributed by atoms with Crippen LogP contribution in [0.4, 0.5) is 11.8 Å². The molecule has 0 fully saturated rings. The van der Waals surface area contributed by atoms with Crippen LogP contribution in [0.25, 0.3) is 10.2 Å². The van der Waals surface area contributed by atoms with Gasteiger partial charge in [-0.2, -0.15) is 15.5 Å². The van der Waals surface area contributed by atoms with Crippen LogP contribution in [0.5, 0.6) is 0 Å². The van der Waals surface area contributed by atoms with E-state index < -0.39 is 0 Å². The van der Waals surface area contributed by atoms with Gasteiger partial charge in [0.2, 0.25) is 5.95 Å². The third kappa shape index (κ3) is 2.17. The van der Waals surface area contributed by atoms with Gasteiger partial charge in [-0.05, 0) is 13.0 Å². The first-order valence-corrected chi connectivity index (χ1v) is 6.00. The van der Waals surface area contributed by atoms with Crippen LogP contribution in [0.15, 0.2) is 6.07 Å². The van der Waals surface area contributed by atoms with Crippen LogP contribution in [0.1, 0.15) is 4.88 Å². The highest BCUT2D eigenvalue weighted by Gasteiger charge is 2.15. The Morgan fingerprint density at radius 3 is 2.61 bits per heavy atom. The number of aromatic nitrogens is 2. The van der Waals surface area contributed by atoms with Crippen LogP contribution < -0.4 is 10.6 Å². The molecule has 0 atom stereocenters. The van der Waals surface area contributed by atoms with E-state index >= 15 is 0 Å². The number of nitrogen functional groups attached to an aromatic ring is 1. The molecule has 7 heteroatoms. The summed E-state index contributed by atoms with van der Waals surface area (Å²) in [6.07, 6.45) is 0. The molecular formula is C11H10N6S. The number of rotatable bonds is 3. The summed E-state index contributed by atoms with van der Waals surface area (Å²) in [5.74, 6) is 0.699. The van der Waals surface area contributed by atoms with Gasteiger partial charge >= 0.3 is 0 Å². The maximum atomic E-state index is 8.80. The molecule has 0 bridgehead atoms. The highest BCUT2D eigenvalue weighted by Crippen LogP contribution is 2.30. The zero-order chi connectivity index (χ0) is 13.1. The lowest BCUT2D eigenvalue weighted by Crippen LogP contribution is -2.25. The van der Waals surface area contributed by atoms with E-state index in [9.17, 15) is 0 Å². The highest BCUT2D eigenvalue weighted by molar-refractivity contribution is 7.18. The summed E-state index contributed by atoms with van der Waals surface area (Å²) in [7, 11) is 0. The Balaban J connectivity index is 2.61. The Morgan fingerprint density at radius 1 is 1.33 bits per heavy atom. The minimum Gasteiger partial charge on any atom is -0.368 e. The standard InChI is InChI=1S/C11H10N6S/c1-7-6-8-9(17(4-2-12)5-3-13)15-11(14)16-10(8)18-7/h6H,4-5H2,1H3,(H2,14,15,16). The third-order valence-electron chi connectivity index (χ3n) is 2.34. The molecule has 2 heterocycles. The summed E-state index contributed by atoms with van der Waals surface area (Å²) < 4.78 is 0. The maximum Gasteiger partial charge on any atom is 0.223 e. The van der Waals surface area contributed by atoms with Crippen molar-refractivity contribution in [3.8, 4) is 12.1 Å². The minimum absolute atomic E-state index is 0.0913. The fourth-order valence-electron chi connectivity index (χ4n) is 1.66. The molecule has 2 aromatic rings. The van der Waals surface area contributed by atoms with E-state index in [0.29, 0.717) is 5.82 Å². The average molecular weight is 258 g/mol. The van der Waals surface area contributed by atoms with Crippen LogP contribution >= 0.6 is 11.3 Å². The first-order valence-electron chi connectivity index (χ1n) is 5.18. The lowest BCUT2D eigenvalue weighted by molar-refractivity contribution is 0.941. The topological polar surface area (TPSA) is 103 Å². The van der Waals surface area contributed by atoms with Gasteiger partial charge in [-0.15, -0.1) is 11.3 Å². The van der Waals surface area contributed by atoms with Gasteiger partial charge in [0.1, 0.15) is 23.7 Å². The average Bonchev–Trinajstić information content (AvgIpc) is 2.68. The lowest BCUT2D eigenvalue weighted by Gasteiger charge is -2.17. The second-order valence-corrected chi connectivity index (χ2v) is 4.89. The van der Waals surface area contributed by atoms with Crippen LogP contribution in [0.2, 0.25) is 0 Å². The van der Waals surface area contributed by atoms with Crippen molar-refractivity contribution < 1.29 is 0 Å². The van der Waals surface area contributed by atoms with Crippen LogP contribution in [0, 0.1) is 29.6 Å². The molecule has 0 aliphatic heterocycles. The van der Waals surface area contributed by atoms with Gasteiger partial charge in [0.05, 0.1) is 17.5 Å². The number of nitrogens with two attached hydrogens (primary N) is 1. The molecule has 2 aromatic heterocycles. The van der Waals surface area contributed by atoms with E-state index in [1.54, 1.807) is 4.90 Å². The van der Waals surface area contributed by atoms with Gasteiger partial charge < -0.3 is 10.6 Å². The van der Waals surface area contributed by atoms with Gasteiger partial charge in [0.15, 0.2) is 0 Å². The molecule has 6 nitrogen and oxygen atoms in total. The van der Waals surface area contributed by atoms with Crippen molar-refractivity contribution in [3.05, 3.63) is 10.9 Å². The molecule has 2 N–H and O–H groups in total. The molecule has 0 amide bonds. The fraction of sp³-hybridized carbons (Fsp3) is 0.273. The summed E-state index contributed by atoms with van der Waals surface area (Å²) in [6, 6.07) is 5.98. The number of hydrogen-bond acceptors (Lipinski definition) is 7. The van der Waals surface area contributed by atoms with Crippen LogP contribution in [-0.4, -0.2) is 23.1 Å². The van der Waals surface area contributed by atoms with E-state index in [2.05, 4.69) is 9.97 Å². The molecule has 18 heavy (non-hydrogen) atoms. The normalized spacial score (nSPS) is 9.94. The molecule has 0 saturated carbocycles. The number of hydrogen-bond donors (Lipinski definition) is 1. The third-order valence-corrected chi connectivity index (χ3v) is 3.28. The largest absolute Gasteiger partial charge is 0.368 e. The van der Waals surface area contributed by atoms with Crippen LogP contribution in [-0.2, 0) is 0 Å². The van der Waals surface area contributed by atoms with E-state index in [1.165, 1.54) is 11.3 Å². The SMILES string of the molecule is Cc1cc2c(N(CC#N)CC#N)nc(N)nc2s1. The van der Waals surface area contributed by atoms with Crippen molar-refractivity contribution >= 4 is 33.3 Å². The summed E-state index contributed by atoms with van der Waals surface area (Å²) in [5.41, 5.74) is 5.66. The Bertz CT molecular complexity index is 646. The number of nitrogens with zero attached hydrogens (tertiary/aromatic N) is 5. The van der Waals surface area contributed by atoms with Crippen molar-refractivity contribution in [2.75, 3.05) is 23.7 Å². The van der Waals surface area contributed by atoms with E-state index in [0.717, 1.165) is 15.1 Å². The molecule has 0 aliphatic rings. The minimum atomic E-state index is 0.0913. The fourth-order valence-corrected chi connectivity index (χ4v) is 2.54. The molecule has 0 radical (unpaired) electrons. The smallest absolute Gasteiger partial charge is 0.223 e. The predicted molar refractivity (Wildman–Crippen MR) is 70.0 cm³/mol. The number of nitriles is 2. The Labute approximate surface area is 108 Å². The summed E-state index contributed by atoms with van der Waals surface area (Å²) in [6.45, 7) is 2.15. The summed E-state index contributed by atoms with van der Waals surface area (Å²) in [4.78, 5) is 11.7. The van der Waals surface area contributed by atoms with E-state index in [-0.39, 0.29) is 19.0 Å². The first-order chi connectivity index (χ1) is 8.65. The van der Waals surface area contributed by atoms with Crippen molar-refractivity contribution in [1.82, 2.24) is 9.97 Å². The second kappa shape index (κ2) is 4.86. The lowest BCUT2D eigenvalue weighted by atomic mass is 10.3. The highest BCUT2D eigenvalue weighted by atomic mass is 32.1. The molecule has 2 rings (SSSR count). The van der Waals surface area contributed by atoms with Crippen molar-refractivity contribution in [3.63, 3.8) is 0 Å². The van der Waals surface area contributed by atoms with Crippen LogP contribution in [0.3, 0.4) is 0 Å². The molecule has 0 saturated heterocycles. The predicted octanol–water partition coefficient (Wildman–Crippen LogP) is 1.44. The Hall–Kier alpha value is -2.38. The second-order valence-electron chi connectivity index (χ2n) is 3.65. The summed E-state index contributed by atoms with van der Waals surface area (Å²) >= 11 is 1.51. The molecule has 0 aliphatic carbocycles. The first kappa shape index (κ1) is 12.1. The van der Waals surface area contributed by atoms with Crippen molar-refractivity contribution in [2.24, 2.45) is 0 Å². The van der Waals surface area contributed by atoms with Gasteiger partial charge in [-0.25, -0.2) is 4.98 Å². The Morgan fingerprint density at radius 2 is 2.00 bits per heavy atom. The molecule has 0 spiro atoms. The number of aryl methyl sites for hydroxylation is 1. The van der Waals surface area contributed by atoms with Gasteiger partial charge in [-0.1, -0.05) is 0 Å². The van der Waals surface area contributed by atoms with E-state index in [1.807, 2.05) is 25.1 Å². The zero-order valence-corrected chi connectivity index (χ0v) is 10.5. The molecule has 0 aromatic carbocycles. The van der Waals surface area contributed by atoms with Crippen molar-refractivity contribution in [2.45, 2.75) is 6.92 Å². The molecule has 90 valence electrons. The van der Waals surface area contributed by atoms with Gasteiger partial charge in [-0.3, -0.25) is 0 Å². The van der Waals surface area contributed by atoms with Gasteiger partial charge in [0, 0.05) is 4.88 Å². The Kier molecular flexibility index (Phi) is 3.26. The molecular weight excluding hydrogens is 248 g/mol. The van der Waals surface area contributed by atoms with E-state index in [4.69, 9.17) is 16.3 Å². The number of fused-ring (bicyclic) bond motifs is 1. The molecule has 0 unspecified atom stereocenters. The van der Waals surface area contributed by atoms with Crippen molar-refractivity contribution in [1.29, 1.82) is 10.5 Å². The zero-order valence-electron chi connectivity index (χ0n) is 9.71. The number of anilines is 2.